The van der Waals surface area contributed by atoms with E-state index in [0.717, 1.165) is 42.2 Å². The molecule has 0 aromatic carbocycles. The Morgan fingerprint density at radius 1 is 1.26 bits per heavy atom. The van der Waals surface area contributed by atoms with Gasteiger partial charge in [-0.05, 0) is 38.9 Å². The number of hydrogen-bond acceptors (Lipinski definition) is 6. The number of anilines is 1. The zero-order valence-corrected chi connectivity index (χ0v) is 16.4. The van der Waals surface area contributed by atoms with Crippen LogP contribution in [0.15, 0.2) is 36.8 Å². The van der Waals surface area contributed by atoms with E-state index < -0.39 is 0 Å². The normalized spacial score (nSPS) is 16.3. The first-order chi connectivity index (χ1) is 13.2. The minimum atomic E-state index is 0.101. The molecule has 3 aromatic rings. The lowest BCUT2D eigenvalue weighted by atomic mass is 10.2. The molecule has 1 aliphatic heterocycles. The molecule has 0 spiro atoms. The maximum Gasteiger partial charge on any atom is 0.164 e. The molecular formula is C20H28N6O. The Morgan fingerprint density at radius 2 is 2.11 bits per heavy atom. The van der Waals surface area contributed by atoms with Gasteiger partial charge in [-0.15, -0.1) is 0 Å². The topological polar surface area (TPSA) is 76.4 Å². The molecule has 0 bridgehead atoms. The molecule has 4 heterocycles. The van der Waals surface area contributed by atoms with Gasteiger partial charge < -0.3 is 15.4 Å². The van der Waals surface area contributed by atoms with E-state index >= 15 is 0 Å². The Bertz CT molecular complexity index is 870. The summed E-state index contributed by atoms with van der Waals surface area (Å²) in [5.74, 6) is 1.58. The molecule has 7 nitrogen and oxygen atoms in total. The summed E-state index contributed by atoms with van der Waals surface area (Å²) in [5.41, 5.74) is 2.53. The molecule has 27 heavy (non-hydrogen) atoms. The van der Waals surface area contributed by atoms with Crippen molar-refractivity contribution in [2.24, 2.45) is 0 Å². The molecule has 144 valence electrons. The largest absolute Gasteiger partial charge is 0.488 e. The second-order valence-electron chi connectivity index (χ2n) is 6.52. The van der Waals surface area contributed by atoms with Crippen molar-refractivity contribution in [1.82, 2.24) is 24.9 Å². The van der Waals surface area contributed by atoms with E-state index in [1.54, 1.807) is 16.9 Å². The second kappa shape index (κ2) is 8.81. The molecule has 4 rings (SSSR count). The number of ether oxygens (including phenoxy) is 1. The van der Waals surface area contributed by atoms with E-state index in [1.165, 1.54) is 0 Å². The SMILES string of the molecule is CC.CC(C)Oc1cnc2c(-c3cccc(NC4CCNC4)n3)cnn2c1. The maximum absolute atomic E-state index is 5.68. The van der Waals surface area contributed by atoms with Crippen molar-refractivity contribution < 1.29 is 4.74 Å². The van der Waals surface area contributed by atoms with Crippen LogP contribution in [0.3, 0.4) is 0 Å². The molecule has 1 saturated heterocycles. The predicted molar refractivity (Wildman–Crippen MR) is 108 cm³/mol. The van der Waals surface area contributed by atoms with Crippen LogP contribution in [0.5, 0.6) is 5.75 Å². The van der Waals surface area contributed by atoms with E-state index in [1.807, 2.05) is 52.1 Å². The van der Waals surface area contributed by atoms with Crippen molar-refractivity contribution >= 4 is 11.5 Å². The number of hydrogen-bond donors (Lipinski definition) is 2. The first-order valence-electron chi connectivity index (χ1n) is 9.64. The average molecular weight is 368 g/mol. The number of fused-ring (bicyclic) bond motifs is 1. The third-order valence-electron chi connectivity index (χ3n) is 4.14. The van der Waals surface area contributed by atoms with Crippen molar-refractivity contribution in [3.63, 3.8) is 0 Å². The molecule has 1 fully saturated rings. The van der Waals surface area contributed by atoms with Gasteiger partial charge in [0.25, 0.3) is 0 Å². The van der Waals surface area contributed by atoms with Gasteiger partial charge in [-0.2, -0.15) is 5.10 Å². The van der Waals surface area contributed by atoms with Crippen LogP contribution in [0.1, 0.15) is 34.1 Å². The van der Waals surface area contributed by atoms with Gasteiger partial charge in [0.1, 0.15) is 5.82 Å². The van der Waals surface area contributed by atoms with Crippen LogP contribution in [-0.2, 0) is 0 Å². The van der Waals surface area contributed by atoms with Crippen LogP contribution in [0.2, 0.25) is 0 Å². The summed E-state index contributed by atoms with van der Waals surface area (Å²) in [4.78, 5) is 9.24. The van der Waals surface area contributed by atoms with Crippen LogP contribution in [0, 0.1) is 0 Å². The predicted octanol–water partition coefficient (Wildman–Crippen LogP) is 3.38. The van der Waals surface area contributed by atoms with Crippen molar-refractivity contribution in [2.45, 2.75) is 46.3 Å². The summed E-state index contributed by atoms with van der Waals surface area (Å²) in [5, 5.41) is 11.2. The van der Waals surface area contributed by atoms with Crippen LogP contribution in [0.4, 0.5) is 5.82 Å². The standard InChI is InChI=1S/C18H22N6O.C2H6/c1-12(2)25-14-9-20-18-15(10-21-24(18)11-14)16-4-3-5-17(23-16)22-13-6-7-19-8-13;1-2/h3-5,9-13,19H,6-8H2,1-2H3,(H,22,23);1-2H3. The fourth-order valence-corrected chi connectivity index (χ4v) is 3.02. The molecular weight excluding hydrogens is 340 g/mol. The van der Waals surface area contributed by atoms with Gasteiger partial charge in [0.2, 0.25) is 0 Å². The fraction of sp³-hybridized carbons (Fsp3) is 0.450. The monoisotopic (exact) mass is 368 g/mol. The minimum Gasteiger partial charge on any atom is -0.488 e. The third-order valence-corrected chi connectivity index (χ3v) is 4.14. The quantitative estimate of drug-likeness (QED) is 0.719. The summed E-state index contributed by atoms with van der Waals surface area (Å²) in [6.07, 6.45) is 6.59. The zero-order chi connectivity index (χ0) is 19.2. The van der Waals surface area contributed by atoms with Gasteiger partial charge in [-0.1, -0.05) is 19.9 Å². The van der Waals surface area contributed by atoms with Gasteiger partial charge in [0.15, 0.2) is 11.4 Å². The molecule has 0 aliphatic carbocycles. The zero-order valence-electron chi connectivity index (χ0n) is 16.4. The number of nitrogens with one attached hydrogen (secondary N) is 2. The molecule has 7 heteroatoms. The number of nitrogens with zero attached hydrogens (tertiary/aromatic N) is 4. The Labute approximate surface area is 160 Å². The molecule has 0 amide bonds. The van der Waals surface area contributed by atoms with E-state index in [9.17, 15) is 0 Å². The maximum atomic E-state index is 5.68. The highest BCUT2D eigenvalue weighted by atomic mass is 16.5. The van der Waals surface area contributed by atoms with Crippen LogP contribution in [0.25, 0.3) is 16.9 Å². The van der Waals surface area contributed by atoms with E-state index in [4.69, 9.17) is 9.72 Å². The van der Waals surface area contributed by atoms with E-state index in [0.29, 0.717) is 11.8 Å². The van der Waals surface area contributed by atoms with Crippen molar-refractivity contribution in [1.29, 1.82) is 0 Å². The third kappa shape index (κ3) is 4.54. The Kier molecular flexibility index (Phi) is 6.24. The van der Waals surface area contributed by atoms with Crippen LogP contribution in [-0.4, -0.2) is 44.8 Å². The van der Waals surface area contributed by atoms with Crippen molar-refractivity contribution in [3.8, 4) is 17.0 Å². The molecule has 1 atom stereocenters. The molecule has 1 aliphatic rings. The number of aromatic nitrogens is 4. The highest BCUT2D eigenvalue weighted by Crippen LogP contribution is 2.24. The minimum absolute atomic E-state index is 0.101. The summed E-state index contributed by atoms with van der Waals surface area (Å²) >= 11 is 0. The molecule has 2 N–H and O–H groups in total. The van der Waals surface area contributed by atoms with Gasteiger partial charge in [-0.25, -0.2) is 14.5 Å². The Hall–Kier alpha value is -2.67. The lowest BCUT2D eigenvalue weighted by molar-refractivity contribution is 0.240. The summed E-state index contributed by atoms with van der Waals surface area (Å²) in [7, 11) is 0. The summed E-state index contributed by atoms with van der Waals surface area (Å²) < 4.78 is 7.41. The van der Waals surface area contributed by atoms with E-state index in [-0.39, 0.29) is 6.10 Å². The number of pyridine rings is 1. The molecule has 0 radical (unpaired) electrons. The molecule has 0 saturated carbocycles. The van der Waals surface area contributed by atoms with Gasteiger partial charge in [-0.3, -0.25) is 0 Å². The highest BCUT2D eigenvalue weighted by Gasteiger charge is 2.15. The van der Waals surface area contributed by atoms with Crippen LogP contribution < -0.4 is 15.4 Å². The second-order valence-corrected chi connectivity index (χ2v) is 6.52. The Balaban J connectivity index is 0.00000102. The van der Waals surface area contributed by atoms with Gasteiger partial charge >= 0.3 is 0 Å². The van der Waals surface area contributed by atoms with Gasteiger partial charge in [0, 0.05) is 12.6 Å². The lowest BCUT2D eigenvalue weighted by Crippen LogP contribution is -2.22. The smallest absolute Gasteiger partial charge is 0.164 e. The number of rotatable bonds is 5. The summed E-state index contributed by atoms with van der Waals surface area (Å²) in [6, 6.07) is 6.41. The molecule has 3 aromatic heterocycles. The van der Waals surface area contributed by atoms with Gasteiger partial charge in [0.05, 0.1) is 36.0 Å². The lowest BCUT2D eigenvalue weighted by Gasteiger charge is -2.12. The fourth-order valence-electron chi connectivity index (χ4n) is 3.02. The van der Waals surface area contributed by atoms with Crippen LogP contribution >= 0.6 is 0 Å². The van der Waals surface area contributed by atoms with Crippen molar-refractivity contribution in [3.05, 3.63) is 36.8 Å². The first kappa shape index (κ1) is 19.1. The van der Waals surface area contributed by atoms with Crippen molar-refractivity contribution in [2.75, 3.05) is 18.4 Å². The van der Waals surface area contributed by atoms with E-state index in [2.05, 4.69) is 20.7 Å². The molecule has 1 unspecified atom stereocenters. The first-order valence-corrected chi connectivity index (χ1v) is 9.64. The Morgan fingerprint density at radius 3 is 2.85 bits per heavy atom. The highest BCUT2D eigenvalue weighted by molar-refractivity contribution is 5.75. The average Bonchev–Trinajstić information content (AvgIpc) is 3.32. The summed E-state index contributed by atoms with van der Waals surface area (Å²) in [6.45, 7) is 10.0.